The fourth-order valence-electron chi connectivity index (χ4n) is 3.25. The van der Waals surface area contributed by atoms with E-state index in [-0.39, 0.29) is 12.1 Å². The molecule has 3 aromatic rings. The van der Waals surface area contributed by atoms with Crippen molar-refractivity contribution in [2.45, 2.75) is 45.8 Å². The lowest BCUT2D eigenvalue weighted by Crippen LogP contribution is -2.30. The van der Waals surface area contributed by atoms with Crippen LogP contribution in [0.4, 0.5) is 0 Å². The highest BCUT2D eigenvalue weighted by Crippen LogP contribution is 2.29. The van der Waals surface area contributed by atoms with Crippen LogP contribution in [0, 0.1) is 0 Å². The van der Waals surface area contributed by atoms with Gasteiger partial charge in [-0.25, -0.2) is 4.79 Å². The van der Waals surface area contributed by atoms with E-state index in [0.717, 1.165) is 5.56 Å². The minimum atomic E-state index is -0.585. The summed E-state index contributed by atoms with van der Waals surface area (Å²) in [4.78, 5) is 11.7. The third-order valence-corrected chi connectivity index (χ3v) is 5.03. The van der Waals surface area contributed by atoms with Crippen molar-refractivity contribution in [2.75, 3.05) is 6.61 Å². The van der Waals surface area contributed by atoms with Crippen LogP contribution < -0.4 is 0 Å². The van der Waals surface area contributed by atoms with Gasteiger partial charge in [-0.05, 0) is 60.9 Å². The molecule has 1 atom stereocenters. The van der Waals surface area contributed by atoms with Crippen LogP contribution in [0.3, 0.4) is 0 Å². The van der Waals surface area contributed by atoms with Gasteiger partial charge in [0.15, 0.2) is 0 Å². The average molecular weight is 376 g/mol. The molecule has 3 rings (SSSR count). The molecule has 0 aliphatic rings. The Morgan fingerprint density at radius 1 is 1.04 bits per heavy atom. The summed E-state index contributed by atoms with van der Waals surface area (Å²) in [7, 11) is 0. The Kier molecular flexibility index (Phi) is 5.85. The number of fused-ring (bicyclic) bond motifs is 3. The van der Waals surface area contributed by atoms with E-state index >= 15 is 0 Å². The summed E-state index contributed by atoms with van der Waals surface area (Å²) in [6, 6.07) is 19.2. The summed E-state index contributed by atoms with van der Waals surface area (Å²) in [5, 5.41) is 4.98. The molecule has 3 nitrogen and oxygen atoms in total. The van der Waals surface area contributed by atoms with Crippen molar-refractivity contribution in [3.63, 3.8) is 0 Å². The number of hydrogen-bond acceptors (Lipinski definition) is 3. The van der Waals surface area contributed by atoms with Gasteiger partial charge in [-0.15, -0.1) is 0 Å². The molecule has 0 spiro atoms. The molecule has 3 aromatic carbocycles. The molecule has 0 aromatic heterocycles. The predicted octanol–water partition coefficient (Wildman–Crippen LogP) is 6.36. The molecule has 0 aliphatic heterocycles. The summed E-state index contributed by atoms with van der Waals surface area (Å²) in [6.07, 6.45) is 0.581. The lowest BCUT2D eigenvalue weighted by atomic mass is 9.99. The summed E-state index contributed by atoms with van der Waals surface area (Å²) in [5.74, 6) is -0.361. The fraction of sp³-hybridized carbons (Fsp3) is 0.320. The Labute approximate surface area is 167 Å². The molecule has 0 fully saturated rings. The largest absolute Gasteiger partial charge is 0.456 e. The highest BCUT2D eigenvalue weighted by Gasteiger charge is 2.23. The third-order valence-electron chi connectivity index (χ3n) is 5.03. The molecule has 0 N–H and O–H groups in total. The van der Waals surface area contributed by atoms with Crippen LogP contribution in [0.5, 0.6) is 0 Å². The van der Waals surface area contributed by atoms with Crippen LogP contribution in [0.25, 0.3) is 21.5 Å². The van der Waals surface area contributed by atoms with Gasteiger partial charge in [0, 0.05) is 12.0 Å². The van der Waals surface area contributed by atoms with E-state index in [2.05, 4.69) is 68.1 Å². The van der Waals surface area contributed by atoms with Gasteiger partial charge in [0.1, 0.15) is 5.60 Å². The second kappa shape index (κ2) is 8.15. The van der Waals surface area contributed by atoms with E-state index in [1.54, 1.807) is 6.92 Å². The number of esters is 1. The summed E-state index contributed by atoms with van der Waals surface area (Å²) in [6.45, 7) is 11.6. The van der Waals surface area contributed by atoms with Crippen molar-refractivity contribution in [3.05, 3.63) is 72.3 Å². The molecule has 0 amide bonds. The molecule has 3 heteroatoms. The molecule has 146 valence electrons. The van der Waals surface area contributed by atoms with E-state index < -0.39 is 5.60 Å². The van der Waals surface area contributed by atoms with Crippen molar-refractivity contribution in [1.29, 1.82) is 0 Å². The van der Waals surface area contributed by atoms with E-state index in [1.807, 2.05) is 13.8 Å². The molecule has 0 saturated heterocycles. The molecular weight excluding hydrogens is 348 g/mol. The molecule has 0 radical (unpaired) electrons. The molecule has 0 aliphatic carbocycles. The van der Waals surface area contributed by atoms with Crippen molar-refractivity contribution in [3.8, 4) is 0 Å². The maximum Gasteiger partial charge on any atom is 0.333 e. The summed E-state index contributed by atoms with van der Waals surface area (Å²) < 4.78 is 11.5. The highest BCUT2D eigenvalue weighted by molar-refractivity contribution is 6.07. The SMILES string of the molecule is C=C(C)C(=O)OC(C)(C)CCOC(C)c1ccc2c(ccc3ccccc32)c1. The van der Waals surface area contributed by atoms with Gasteiger partial charge in [0.2, 0.25) is 0 Å². The number of carbonyl (C=O) groups is 1. The van der Waals surface area contributed by atoms with Crippen molar-refractivity contribution in [2.24, 2.45) is 0 Å². The second-order valence-electron chi connectivity index (χ2n) is 7.96. The zero-order chi connectivity index (χ0) is 20.3. The van der Waals surface area contributed by atoms with E-state index in [0.29, 0.717) is 18.6 Å². The molecule has 0 heterocycles. The van der Waals surface area contributed by atoms with Gasteiger partial charge in [-0.1, -0.05) is 55.1 Å². The van der Waals surface area contributed by atoms with Crippen LogP contribution in [0.1, 0.15) is 45.8 Å². The van der Waals surface area contributed by atoms with Crippen LogP contribution in [0.15, 0.2) is 66.7 Å². The number of ether oxygens (including phenoxy) is 2. The van der Waals surface area contributed by atoms with Gasteiger partial charge in [-0.3, -0.25) is 0 Å². The first-order valence-electron chi connectivity index (χ1n) is 9.69. The third kappa shape index (κ3) is 4.60. The predicted molar refractivity (Wildman–Crippen MR) is 115 cm³/mol. The quantitative estimate of drug-likeness (QED) is 0.273. The molecule has 0 saturated carbocycles. The standard InChI is InChI=1S/C25H28O3/c1-17(2)24(26)28-25(4,5)14-15-27-18(3)20-12-13-23-21(16-20)11-10-19-8-6-7-9-22(19)23/h6-13,16,18H,1,14-15H2,2-5H3. The normalized spacial score (nSPS) is 12.9. The van der Waals surface area contributed by atoms with Crippen molar-refractivity contribution in [1.82, 2.24) is 0 Å². The molecule has 0 bridgehead atoms. The Morgan fingerprint density at radius 2 is 1.71 bits per heavy atom. The van der Waals surface area contributed by atoms with Crippen LogP contribution >= 0.6 is 0 Å². The van der Waals surface area contributed by atoms with Gasteiger partial charge in [0.25, 0.3) is 0 Å². The van der Waals surface area contributed by atoms with Crippen molar-refractivity contribution < 1.29 is 14.3 Å². The molecule has 28 heavy (non-hydrogen) atoms. The Balaban J connectivity index is 1.66. The molecular formula is C25H28O3. The van der Waals surface area contributed by atoms with Gasteiger partial charge >= 0.3 is 5.97 Å². The highest BCUT2D eigenvalue weighted by atomic mass is 16.6. The van der Waals surface area contributed by atoms with Gasteiger partial charge in [0.05, 0.1) is 12.7 Å². The number of hydrogen-bond donors (Lipinski definition) is 0. The van der Waals surface area contributed by atoms with Gasteiger partial charge < -0.3 is 9.47 Å². The van der Waals surface area contributed by atoms with E-state index in [1.165, 1.54) is 21.5 Å². The fourth-order valence-corrected chi connectivity index (χ4v) is 3.25. The second-order valence-corrected chi connectivity index (χ2v) is 7.96. The van der Waals surface area contributed by atoms with Gasteiger partial charge in [-0.2, -0.15) is 0 Å². The topological polar surface area (TPSA) is 35.5 Å². The lowest BCUT2D eigenvalue weighted by Gasteiger charge is -2.26. The van der Waals surface area contributed by atoms with Crippen LogP contribution in [-0.4, -0.2) is 18.2 Å². The van der Waals surface area contributed by atoms with Crippen molar-refractivity contribution >= 4 is 27.5 Å². The lowest BCUT2D eigenvalue weighted by molar-refractivity contribution is -0.153. The number of rotatable bonds is 7. The number of carbonyl (C=O) groups excluding carboxylic acids is 1. The first kappa shape index (κ1) is 20.1. The Morgan fingerprint density at radius 3 is 2.46 bits per heavy atom. The van der Waals surface area contributed by atoms with E-state index in [4.69, 9.17) is 9.47 Å². The van der Waals surface area contributed by atoms with Crippen LogP contribution in [-0.2, 0) is 14.3 Å². The molecule has 1 unspecified atom stereocenters. The van der Waals surface area contributed by atoms with E-state index in [9.17, 15) is 4.79 Å². The smallest absolute Gasteiger partial charge is 0.333 e. The Bertz CT molecular complexity index is 1020. The minimum Gasteiger partial charge on any atom is -0.456 e. The first-order valence-corrected chi connectivity index (χ1v) is 9.69. The average Bonchev–Trinajstić information content (AvgIpc) is 2.66. The maximum absolute atomic E-state index is 11.7. The first-order chi connectivity index (χ1) is 13.3. The van der Waals surface area contributed by atoms with Crippen LogP contribution in [0.2, 0.25) is 0 Å². The summed E-state index contributed by atoms with van der Waals surface area (Å²) in [5.41, 5.74) is 0.962. The summed E-state index contributed by atoms with van der Waals surface area (Å²) >= 11 is 0. The number of benzene rings is 3. The zero-order valence-electron chi connectivity index (χ0n) is 17.1. The monoisotopic (exact) mass is 376 g/mol. The maximum atomic E-state index is 11.7. The zero-order valence-corrected chi connectivity index (χ0v) is 17.1. The Hall–Kier alpha value is -2.65. The minimum absolute atomic E-state index is 0.0384.